The first-order valence-corrected chi connectivity index (χ1v) is 10.9. The highest BCUT2D eigenvalue weighted by molar-refractivity contribution is 7.00. The number of fused-ring (bicyclic) bond motifs is 1. The summed E-state index contributed by atoms with van der Waals surface area (Å²) in [6.45, 7) is 0. The molecule has 0 bridgehead atoms. The van der Waals surface area contributed by atoms with Crippen molar-refractivity contribution in [2.45, 2.75) is 12.2 Å². The molecule has 5 rings (SSSR count). The molecule has 1 N–H and O–H groups in total. The van der Waals surface area contributed by atoms with Gasteiger partial charge in [0.05, 0.1) is 31.5 Å². The van der Waals surface area contributed by atoms with Gasteiger partial charge in [-0.3, -0.25) is 0 Å². The number of hydrogen-bond acceptors (Lipinski definition) is 9. The zero-order valence-electron chi connectivity index (χ0n) is 18.1. The molecular formula is C24H18FN3O5S. The lowest BCUT2D eigenvalue weighted by Gasteiger charge is -2.26. The Hall–Kier alpha value is -3.89. The quantitative estimate of drug-likeness (QED) is 0.418. The molecule has 172 valence electrons. The molecule has 10 heteroatoms. The number of rotatable bonds is 6. The number of esters is 1. The van der Waals surface area contributed by atoms with Crippen LogP contribution < -0.4 is 9.47 Å². The molecule has 0 radical (unpaired) electrons. The van der Waals surface area contributed by atoms with E-state index in [2.05, 4.69) is 13.7 Å². The highest BCUT2D eigenvalue weighted by atomic mass is 32.1. The molecule has 3 heterocycles. The summed E-state index contributed by atoms with van der Waals surface area (Å²) in [5, 5.41) is 11.7. The van der Waals surface area contributed by atoms with Crippen molar-refractivity contribution >= 4 is 34.3 Å². The molecular weight excluding hydrogens is 461 g/mol. The lowest BCUT2D eigenvalue weighted by atomic mass is 9.88. The maximum absolute atomic E-state index is 14.5. The molecule has 2 aromatic carbocycles. The van der Waals surface area contributed by atoms with Crippen molar-refractivity contribution in [1.29, 1.82) is 0 Å². The van der Waals surface area contributed by atoms with E-state index in [4.69, 9.17) is 14.2 Å². The van der Waals surface area contributed by atoms with Crippen molar-refractivity contribution in [3.8, 4) is 11.6 Å². The molecule has 0 saturated carbocycles. The summed E-state index contributed by atoms with van der Waals surface area (Å²) < 4.78 is 38.6. The van der Waals surface area contributed by atoms with E-state index in [9.17, 15) is 14.3 Å². The summed E-state index contributed by atoms with van der Waals surface area (Å²) in [6.07, 6.45) is 1.68. The lowest BCUT2D eigenvalue weighted by Crippen LogP contribution is -2.30. The molecule has 2 aromatic heterocycles. The van der Waals surface area contributed by atoms with Gasteiger partial charge in [0, 0.05) is 29.8 Å². The minimum Gasteiger partial charge on any atom is -0.494 e. The van der Waals surface area contributed by atoms with Crippen molar-refractivity contribution in [2.75, 3.05) is 14.2 Å². The third-order valence-corrected chi connectivity index (χ3v) is 6.19. The number of carbonyl (C=O) groups is 1. The van der Waals surface area contributed by atoms with Crippen molar-refractivity contribution in [2.24, 2.45) is 0 Å². The predicted octanol–water partition coefficient (Wildman–Crippen LogP) is 3.64. The molecule has 1 atom stereocenters. The normalized spacial score (nSPS) is 17.8. The summed E-state index contributed by atoms with van der Waals surface area (Å²) in [6, 6.07) is 12.5. The second kappa shape index (κ2) is 8.47. The molecule has 8 nitrogen and oxygen atoms in total. The van der Waals surface area contributed by atoms with Gasteiger partial charge < -0.3 is 19.3 Å². The van der Waals surface area contributed by atoms with Gasteiger partial charge in [-0.2, -0.15) is 8.75 Å². The highest BCUT2D eigenvalue weighted by Crippen LogP contribution is 2.45. The van der Waals surface area contributed by atoms with Crippen LogP contribution in [0.25, 0.3) is 16.6 Å². The SMILES string of the molecule is COc1ccc(CC2=C(c3ccc4nsnc4c3)C(=O)OC2(O)c2ccc(OC)c(F)c2)cn1. The van der Waals surface area contributed by atoms with Gasteiger partial charge in [0.25, 0.3) is 5.79 Å². The number of benzene rings is 2. The van der Waals surface area contributed by atoms with Crippen LogP contribution >= 0.6 is 11.7 Å². The Balaban J connectivity index is 1.68. The first-order chi connectivity index (χ1) is 16.4. The number of aromatic nitrogens is 3. The summed E-state index contributed by atoms with van der Waals surface area (Å²) in [5.41, 5.74) is 2.97. The van der Waals surface area contributed by atoms with Crippen LogP contribution in [0.2, 0.25) is 0 Å². The molecule has 34 heavy (non-hydrogen) atoms. The Morgan fingerprint density at radius 2 is 1.88 bits per heavy atom. The Labute approximate surface area is 197 Å². The largest absolute Gasteiger partial charge is 0.494 e. The van der Waals surface area contributed by atoms with Crippen LogP contribution in [0, 0.1) is 5.82 Å². The van der Waals surface area contributed by atoms with E-state index in [1.165, 1.54) is 26.4 Å². The molecule has 1 unspecified atom stereocenters. The third-order valence-electron chi connectivity index (χ3n) is 5.63. The average Bonchev–Trinajstić information content (AvgIpc) is 3.41. The van der Waals surface area contributed by atoms with E-state index in [1.807, 2.05) is 0 Å². The van der Waals surface area contributed by atoms with Crippen LogP contribution in [0.4, 0.5) is 4.39 Å². The molecule has 0 aliphatic carbocycles. The predicted molar refractivity (Wildman–Crippen MR) is 122 cm³/mol. The fourth-order valence-electron chi connectivity index (χ4n) is 3.93. The van der Waals surface area contributed by atoms with Gasteiger partial charge >= 0.3 is 5.97 Å². The van der Waals surface area contributed by atoms with E-state index in [0.29, 0.717) is 28.0 Å². The van der Waals surface area contributed by atoms with Crippen LogP contribution in [-0.4, -0.2) is 39.0 Å². The number of carbonyl (C=O) groups excluding carboxylic acids is 1. The molecule has 1 aliphatic heterocycles. The minimum absolute atomic E-state index is 0.00302. The van der Waals surface area contributed by atoms with Crippen molar-refractivity contribution in [1.82, 2.24) is 13.7 Å². The number of methoxy groups -OCH3 is 2. The van der Waals surface area contributed by atoms with E-state index in [-0.39, 0.29) is 28.9 Å². The summed E-state index contributed by atoms with van der Waals surface area (Å²) >= 11 is 1.06. The van der Waals surface area contributed by atoms with Crippen molar-refractivity contribution in [3.63, 3.8) is 0 Å². The van der Waals surface area contributed by atoms with Crippen molar-refractivity contribution < 1.29 is 28.5 Å². The summed E-state index contributed by atoms with van der Waals surface area (Å²) in [5.74, 6) is -3.21. The van der Waals surface area contributed by atoms with E-state index < -0.39 is 17.6 Å². The fourth-order valence-corrected chi connectivity index (χ4v) is 4.45. The highest BCUT2D eigenvalue weighted by Gasteiger charge is 2.48. The smallest absolute Gasteiger partial charge is 0.342 e. The second-order valence-corrected chi connectivity index (χ2v) is 8.12. The number of halogens is 1. The van der Waals surface area contributed by atoms with E-state index >= 15 is 0 Å². The number of nitrogens with zero attached hydrogens (tertiary/aromatic N) is 3. The van der Waals surface area contributed by atoms with Gasteiger partial charge in [-0.1, -0.05) is 12.1 Å². The zero-order valence-corrected chi connectivity index (χ0v) is 18.9. The summed E-state index contributed by atoms with van der Waals surface area (Å²) in [4.78, 5) is 17.3. The Morgan fingerprint density at radius 1 is 1.06 bits per heavy atom. The van der Waals surface area contributed by atoms with Crippen LogP contribution in [0.1, 0.15) is 16.7 Å². The van der Waals surface area contributed by atoms with E-state index in [1.54, 1.807) is 36.5 Å². The Kier molecular flexibility index (Phi) is 5.46. The van der Waals surface area contributed by atoms with E-state index in [0.717, 1.165) is 17.8 Å². The van der Waals surface area contributed by atoms with Crippen LogP contribution in [0.3, 0.4) is 0 Å². The minimum atomic E-state index is -2.20. The Bertz CT molecular complexity index is 1440. The fraction of sp³-hybridized carbons (Fsp3) is 0.167. The summed E-state index contributed by atoms with van der Waals surface area (Å²) in [7, 11) is 2.85. The van der Waals surface area contributed by atoms with Gasteiger partial charge in [0.2, 0.25) is 5.88 Å². The van der Waals surface area contributed by atoms with Gasteiger partial charge in [-0.15, -0.1) is 0 Å². The number of cyclic esters (lactones) is 1. The van der Waals surface area contributed by atoms with Gasteiger partial charge in [0.15, 0.2) is 11.6 Å². The molecule has 4 aromatic rings. The molecule has 0 amide bonds. The molecule has 0 fully saturated rings. The number of aliphatic hydroxyl groups is 1. The maximum Gasteiger partial charge on any atom is 0.342 e. The van der Waals surface area contributed by atoms with Crippen molar-refractivity contribution in [3.05, 3.63) is 82.8 Å². The second-order valence-electron chi connectivity index (χ2n) is 7.59. The number of ether oxygens (including phenoxy) is 3. The molecule has 0 spiro atoms. The average molecular weight is 479 g/mol. The zero-order chi connectivity index (χ0) is 23.9. The first kappa shape index (κ1) is 21.9. The number of pyridine rings is 1. The van der Waals surface area contributed by atoms with Gasteiger partial charge in [-0.05, 0) is 41.5 Å². The van der Waals surface area contributed by atoms with Gasteiger partial charge in [-0.25, -0.2) is 14.2 Å². The van der Waals surface area contributed by atoms with Gasteiger partial charge in [0.1, 0.15) is 11.0 Å². The lowest BCUT2D eigenvalue weighted by molar-refractivity contribution is -0.185. The van der Waals surface area contributed by atoms with Crippen LogP contribution in [-0.2, 0) is 21.7 Å². The monoisotopic (exact) mass is 479 g/mol. The Morgan fingerprint density at radius 3 is 2.59 bits per heavy atom. The molecule has 0 saturated heterocycles. The van der Waals surface area contributed by atoms with Crippen LogP contribution in [0.15, 0.2) is 60.3 Å². The third kappa shape index (κ3) is 3.66. The standard InChI is InChI=1S/C24H18FN3O5S/c1-31-20-7-5-15(11-17(20)25)24(30)16(9-13-3-8-21(32-2)26-12-13)22(23(29)33-24)14-4-6-18-19(10-14)28-34-27-18/h3-8,10-12,30H,9H2,1-2H3. The molecule has 1 aliphatic rings. The first-order valence-electron chi connectivity index (χ1n) is 10.2. The number of hydrogen-bond donors (Lipinski definition) is 1. The topological polar surface area (TPSA) is 104 Å². The van der Waals surface area contributed by atoms with Crippen LogP contribution in [0.5, 0.6) is 11.6 Å². The maximum atomic E-state index is 14.5.